The van der Waals surface area contributed by atoms with Gasteiger partial charge >= 0.3 is 0 Å². The minimum atomic E-state index is -2.95. The molecule has 10 heavy (non-hydrogen) atoms. The third-order valence-corrected chi connectivity index (χ3v) is 3.49. The van der Waals surface area contributed by atoms with Crippen LogP contribution in [0.3, 0.4) is 0 Å². The van der Waals surface area contributed by atoms with Crippen LogP contribution in [0.4, 0.5) is 0 Å². The molecule has 0 amide bonds. The zero-order valence-electron chi connectivity index (χ0n) is 6.24. The Morgan fingerprint density at radius 1 is 1.50 bits per heavy atom. The average molecular weight is 165 g/mol. The predicted molar refractivity (Wildman–Crippen MR) is 39.8 cm³/mol. The minimum absolute atomic E-state index is 0.0428. The summed E-state index contributed by atoms with van der Waals surface area (Å²) in [6.45, 7) is 4.14. The lowest BCUT2D eigenvalue weighted by molar-refractivity contribution is 0.381. The fourth-order valence-electron chi connectivity index (χ4n) is 0.453. The lowest BCUT2D eigenvalue weighted by Crippen LogP contribution is -2.17. The summed E-state index contributed by atoms with van der Waals surface area (Å²) < 4.78 is 21.9. The van der Waals surface area contributed by atoms with Gasteiger partial charge in [0.25, 0.3) is 0 Å². The maximum atomic E-state index is 11.0. The molecule has 0 aliphatic rings. The van der Waals surface area contributed by atoms with Crippen LogP contribution < -0.4 is 0 Å². The lowest BCUT2D eigenvalue weighted by Gasteiger charge is -2.04. The first-order valence-electron chi connectivity index (χ1n) is 3.18. The molecule has 0 bridgehead atoms. The largest absolute Gasteiger partial charge is 0.390 e. The van der Waals surface area contributed by atoms with E-state index in [4.69, 9.17) is 5.11 Å². The van der Waals surface area contributed by atoms with Gasteiger partial charge in [-0.15, -0.1) is 0 Å². The monoisotopic (exact) mass is 165 g/mol. The molecule has 0 rings (SSSR count). The van der Waals surface area contributed by atoms with Crippen molar-refractivity contribution in [3.63, 3.8) is 0 Å². The molecular formula is C6H13O3S. The molecule has 4 heteroatoms. The zero-order valence-corrected chi connectivity index (χ0v) is 7.06. The molecule has 61 valence electrons. The molecule has 0 aliphatic carbocycles. The van der Waals surface area contributed by atoms with Crippen molar-refractivity contribution >= 4 is 9.84 Å². The smallest absolute Gasteiger partial charge is 0.152 e. The van der Waals surface area contributed by atoms with Gasteiger partial charge in [0.2, 0.25) is 0 Å². The van der Waals surface area contributed by atoms with Crippen molar-refractivity contribution in [2.45, 2.75) is 25.5 Å². The Morgan fingerprint density at radius 3 is 2.30 bits per heavy atom. The number of sulfone groups is 1. The topological polar surface area (TPSA) is 54.4 Å². The molecule has 0 fully saturated rings. The van der Waals surface area contributed by atoms with E-state index >= 15 is 0 Å². The van der Waals surface area contributed by atoms with Crippen LogP contribution in [0.5, 0.6) is 0 Å². The SMILES string of the molecule is CC(C)S(=O)(=O)CC[CH]O. The maximum absolute atomic E-state index is 11.0. The number of hydrogen-bond acceptors (Lipinski definition) is 3. The van der Waals surface area contributed by atoms with Gasteiger partial charge in [0.15, 0.2) is 9.84 Å². The van der Waals surface area contributed by atoms with Crippen molar-refractivity contribution in [1.29, 1.82) is 0 Å². The summed E-state index contributed by atoms with van der Waals surface area (Å²) in [4.78, 5) is 0. The minimum Gasteiger partial charge on any atom is -0.390 e. The molecule has 0 saturated heterocycles. The second kappa shape index (κ2) is 3.93. The van der Waals surface area contributed by atoms with Crippen LogP contribution in [0.1, 0.15) is 20.3 Å². The molecule has 0 aromatic rings. The van der Waals surface area contributed by atoms with Gasteiger partial charge in [-0.05, 0) is 20.3 Å². The molecule has 0 unspecified atom stereocenters. The molecule has 0 spiro atoms. The highest BCUT2D eigenvalue weighted by Gasteiger charge is 2.14. The van der Waals surface area contributed by atoms with Gasteiger partial charge in [0, 0.05) is 0 Å². The van der Waals surface area contributed by atoms with Gasteiger partial charge in [0.05, 0.1) is 17.6 Å². The summed E-state index contributed by atoms with van der Waals surface area (Å²) in [6, 6.07) is 0. The van der Waals surface area contributed by atoms with E-state index in [1.807, 2.05) is 0 Å². The van der Waals surface area contributed by atoms with Crippen molar-refractivity contribution in [2.24, 2.45) is 0 Å². The first-order valence-corrected chi connectivity index (χ1v) is 4.89. The van der Waals surface area contributed by atoms with E-state index in [0.717, 1.165) is 6.61 Å². The lowest BCUT2D eigenvalue weighted by atomic mass is 10.5. The standard InChI is InChI=1S/C6H13O3S/c1-6(2)10(8,9)5-3-4-7/h4,6-7H,3,5H2,1-2H3. The Balaban J connectivity index is 3.90. The van der Waals surface area contributed by atoms with E-state index in [1.165, 1.54) is 0 Å². The van der Waals surface area contributed by atoms with E-state index in [1.54, 1.807) is 13.8 Å². The van der Waals surface area contributed by atoms with Crippen LogP contribution in [-0.4, -0.2) is 24.5 Å². The van der Waals surface area contributed by atoms with Crippen LogP contribution in [0, 0.1) is 6.61 Å². The van der Waals surface area contributed by atoms with E-state index in [-0.39, 0.29) is 17.4 Å². The van der Waals surface area contributed by atoms with Crippen molar-refractivity contribution < 1.29 is 13.5 Å². The van der Waals surface area contributed by atoms with Gasteiger partial charge < -0.3 is 5.11 Å². The summed E-state index contributed by atoms with van der Waals surface area (Å²) in [5.41, 5.74) is 0. The van der Waals surface area contributed by atoms with Crippen molar-refractivity contribution in [2.75, 3.05) is 5.75 Å². The Labute approximate surface area is 62.0 Å². The van der Waals surface area contributed by atoms with Gasteiger partial charge in [-0.1, -0.05) is 0 Å². The summed E-state index contributed by atoms with van der Waals surface area (Å²) in [5, 5.41) is 7.88. The predicted octanol–water partition coefficient (Wildman–Crippen LogP) is 0.734. The number of aliphatic hydroxyl groups excluding tert-OH is 1. The highest BCUT2D eigenvalue weighted by molar-refractivity contribution is 7.91. The van der Waals surface area contributed by atoms with Gasteiger partial charge in [-0.2, -0.15) is 0 Å². The van der Waals surface area contributed by atoms with E-state index in [9.17, 15) is 8.42 Å². The average Bonchev–Trinajstić information content (AvgIpc) is 1.84. The molecular weight excluding hydrogens is 152 g/mol. The molecule has 1 N–H and O–H groups in total. The van der Waals surface area contributed by atoms with Gasteiger partial charge in [-0.3, -0.25) is 0 Å². The van der Waals surface area contributed by atoms with Gasteiger partial charge in [0.1, 0.15) is 0 Å². The highest BCUT2D eigenvalue weighted by atomic mass is 32.2. The van der Waals surface area contributed by atoms with E-state index in [2.05, 4.69) is 0 Å². The van der Waals surface area contributed by atoms with Crippen molar-refractivity contribution in [1.82, 2.24) is 0 Å². The number of aliphatic hydroxyl groups is 1. The van der Waals surface area contributed by atoms with Crippen LogP contribution in [0.15, 0.2) is 0 Å². The van der Waals surface area contributed by atoms with Crippen LogP contribution in [0.2, 0.25) is 0 Å². The molecule has 0 heterocycles. The molecule has 3 nitrogen and oxygen atoms in total. The summed E-state index contributed by atoms with van der Waals surface area (Å²) in [7, 11) is -2.95. The highest BCUT2D eigenvalue weighted by Crippen LogP contribution is 2.02. The van der Waals surface area contributed by atoms with Crippen LogP contribution >= 0.6 is 0 Å². The summed E-state index contributed by atoms with van der Waals surface area (Å²) in [6.07, 6.45) is 0.223. The summed E-state index contributed by atoms with van der Waals surface area (Å²) >= 11 is 0. The van der Waals surface area contributed by atoms with Crippen LogP contribution in [0.25, 0.3) is 0 Å². The fourth-order valence-corrected chi connectivity index (χ4v) is 1.36. The van der Waals surface area contributed by atoms with E-state index < -0.39 is 9.84 Å². The fraction of sp³-hybridized carbons (Fsp3) is 0.833. The van der Waals surface area contributed by atoms with E-state index in [0.29, 0.717) is 0 Å². The quantitative estimate of drug-likeness (QED) is 0.668. The zero-order chi connectivity index (χ0) is 8.20. The first kappa shape index (κ1) is 9.91. The van der Waals surface area contributed by atoms with Crippen molar-refractivity contribution in [3.05, 3.63) is 6.61 Å². The molecule has 0 atom stereocenters. The van der Waals surface area contributed by atoms with Gasteiger partial charge in [-0.25, -0.2) is 8.42 Å². The number of rotatable bonds is 4. The molecule has 0 aromatic heterocycles. The molecule has 1 radical (unpaired) electrons. The number of hydrogen-bond donors (Lipinski definition) is 1. The maximum Gasteiger partial charge on any atom is 0.152 e. The Morgan fingerprint density at radius 2 is 2.00 bits per heavy atom. The second-order valence-corrected chi connectivity index (χ2v) is 5.06. The molecule has 0 aromatic carbocycles. The third kappa shape index (κ3) is 3.17. The Kier molecular flexibility index (Phi) is 3.89. The Bertz CT molecular complexity index is 169. The second-order valence-electron chi connectivity index (χ2n) is 2.39. The third-order valence-electron chi connectivity index (χ3n) is 1.25. The van der Waals surface area contributed by atoms with Crippen LogP contribution in [-0.2, 0) is 9.84 Å². The molecule has 0 aliphatic heterocycles. The summed E-state index contributed by atoms with van der Waals surface area (Å²) in [5.74, 6) is 0.0428. The Hall–Kier alpha value is -0.0900. The normalized spacial score (nSPS) is 12.4. The van der Waals surface area contributed by atoms with Crippen molar-refractivity contribution in [3.8, 4) is 0 Å². The first-order chi connectivity index (χ1) is 4.50. The molecule has 0 saturated carbocycles.